The first-order chi connectivity index (χ1) is 12.5. The van der Waals surface area contributed by atoms with Gasteiger partial charge in [0.25, 0.3) is 0 Å². The van der Waals surface area contributed by atoms with E-state index in [0.717, 1.165) is 46.6 Å². The molecule has 1 heterocycles. The maximum absolute atomic E-state index is 11.5. The van der Waals surface area contributed by atoms with Crippen molar-refractivity contribution in [2.45, 2.75) is 32.6 Å². The van der Waals surface area contributed by atoms with Gasteiger partial charge in [0.1, 0.15) is 0 Å². The maximum Gasteiger partial charge on any atom is 0.305 e. The molecule has 0 atom stereocenters. The topological polar surface area (TPSA) is 42.1 Å². The molecule has 0 aliphatic heterocycles. The Morgan fingerprint density at radius 2 is 2.04 bits per heavy atom. The highest BCUT2D eigenvalue weighted by molar-refractivity contribution is 14.1. The van der Waals surface area contributed by atoms with Gasteiger partial charge >= 0.3 is 5.97 Å². The van der Waals surface area contributed by atoms with Gasteiger partial charge in [-0.05, 0) is 88.9 Å². The van der Waals surface area contributed by atoms with Gasteiger partial charge in [-0.25, -0.2) is 0 Å². The molecule has 0 aliphatic carbocycles. The zero-order valence-electron chi connectivity index (χ0n) is 14.9. The van der Waals surface area contributed by atoms with Gasteiger partial charge in [0, 0.05) is 31.6 Å². The minimum Gasteiger partial charge on any atom is -0.469 e. The smallest absolute Gasteiger partial charge is 0.305 e. The molecular formula is C21H21ClINO2. The third-order valence-electron chi connectivity index (χ3n) is 4.62. The predicted octanol–water partition coefficient (Wildman–Crippen LogP) is 6.15. The molecule has 3 aromatic rings. The van der Waals surface area contributed by atoms with Crippen LogP contribution in [0.4, 0.5) is 0 Å². The largest absolute Gasteiger partial charge is 0.469 e. The number of methoxy groups -OCH3 is 1. The molecule has 2 aromatic carbocycles. The molecule has 0 amide bonds. The number of fused-ring (bicyclic) bond motifs is 1. The van der Waals surface area contributed by atoms with Gasteiger partial charge in [-0.1, -0.05) is 24.6 Å². The summed E-state index contributed by atoms with van der Waals surface area (Å²) in [6.07, 6.45) is 2.89. The summed E-state index contributed by atoms with van der Waals surface area (Å²) in [7, 11) is 1.43. The Hall–Kier alpha value is -1.53. The van der Waals surface area contributed by atoms with Gasteiger partial charge in [-0.2, -0.15) is 0 Å². The minimum atomic E-state index is -0.166. The number of H-pyrrole nitrogens is 1. The second-order valence-corrected chi connectivity index (χ2v) is 7.91. The second kappa shape index (κ2) is 8.44. The van der Waals surface area contributed by atoms with Crippen LogP contribution in [0.3, 0.4) is 0 Å². The summed E-state index contributed by atoms with van der Waals surface area (Å²) in [5.74, 6) is -0.166. The van der Waals surface area contributed by atoms with E-state index in [-0.39, 0.29) is 5.97 Å². The number of carbonyl (C=O) groups is 1. The number of aryl methyl sites for hydroxylation is 2. The molecule has 1 aromatic heterocycles. The van der Waals surface area contributed by atoms with Crippen molar-refractivity contribution in [1.82, 2.24) is 4.98 Å². The molecule has 3 nitrogen and oxygen atoms in total. The van der Waals surface area contributed by atoms with Gasteiger partial charge in [0.15, 0.2) is 0 Å². The SMILES string of the molecule is CCc1cc(-c2[nH]c3ccc(I)cc3c2CCCC(=O)OC)ccc1Cl. The van der Waals surface area contributed by atoms with E-state index >= 15 is 0 Å². The highest BCUT2D eigenvalue weighted by atomic mass is 127. The van der Waals surface area contributed by atoms with Crippen molar-refractivity contribution in [3.63, 3.8) is 0 Å². The van der Waals surface area contributed by atoms with Crippen molar-refractivity contribution in [3.05, 3.63) is 56.1 Å². The van der Waals surface area contributed by atoms with Crippen LogP contribution < -0.4 is 0 Å². The van der Waals surface area contributed by atoms with E-state index in [4.69, 9.17) is 16.3 Å². The average Bonchev–Trinajstić information content (AvgIpc) is 3.00. The van der Waals surface area contributed by atoms with E-state index in [1.54, 1.807) is 0 Å². The van der Waals surface area contributed by atoms with Crippen molar-refractivity contribution in [1.29, 1.82) is 0 Å². The van der Waals surface area contributed by atoms with Gasteiger partial charge in [-0.15, -0.1) is 0 Å². The number of benzene rings is 2. The monoisotopic (exact) mass is 481 g/mol. The van der Waals surface area contributed by atoms with E-state index in [0.29, 0.717) is 6.42 Å². The lowest BCUT2D eigenvalue weighted by atomic mass is 9.98. The molecule has 136 valence electrons. The number of ether oxygens (including phenoxy) is 1. The Labute approximate surface area is 172 Å². The van der Waals surface area contributed by atoms with Crippen LogP contribution >= 0.6 is 34.2 Å². The quantitative estimate of drug-likeness (QED) is 0.339. The zero-order chi connectivity index (χ0) is 18.7. The second-order valence-electron chi connectivity index (χ2n) is 6.26. The molecule has 0 spiro atoms. The van der Waals surface area contributed by atoms with Gasteiger partial charge in [-0.3, -0.25) is 4.79 Å². The fourth-order valence-electron chi connectivity index (χ4n) is 3.24. The van der Waals surface area contributed by atoms with Crippen molar-refractivity contribution in [3.8, 4) is 11.3 Å². The van der Waals surface area contributed by atoms with E-state index in [9.17, 15) is 4.79 Å². The standard InChI is InChI=1S/C21H21ClINO2/c1-3-13-11-14(7-9-18(13)22)21-16(5-4-6-20(25)26-2)17-12-15(23)8-10-19(17)24-21/h7-12,24H,3-6H2,1-2H3. The first-order valence-corrected chi connectivity index (χ1v) is 10.1. The summed E-state index contributed by atoms with van der Waals surface area (Å²) in [5.41, 5.74) is 5.73. The molecule has 0 aliphatic rings. The third kappa shape index (κ3) is 4.07. The summed E-state index contributed by atoms with van der Waals surface area (Å²) in [6.45, 7) is 2.11. The molecule has 3 rings (SSSR count). The summed E-state index contributed by atoms with van der Waals surface area (Å²) in [6, 6.07) is 12.6. The number of rotatable bonds is 6. The van der Waals surface area contributed by atoms with Crippen LogP contribution in [0.2, 0.25) is 5.02 Å². The minimum absolute atomic E-state index is 0.166. The first-order valence-electron chi connectivity index (χ1n) is 8.69. The average molecular weight is 482 g/mol. The van der Waals surface area contributed by atoms with Crippen LogP contribution in [0.1, 0.15) is 30.9 Å². The summed E-state index contributed by atoms with van der Waals surface area (Å²) in [4.78, 5) is 15.1. The Kier molecular flexibility index (Phi) is 6.24. The Balaban J connectivity index is 2.06. The van der Waals surface area contributed by atoms with Crippen LogP contribution in [0.15, 0.2) is 36.4 Å². The molecule has 26 heavy (non-hydrogen) atoms. The molecular weight excluding hydrogens is 461 g/mol. The number of nitrogens with one attached hydrogen (secondary N) is 1. The highest BCUT2D eigenvalue weighted by Gasteiger charge is 2.15. The van der Waals surface area contributed by atoms with Gasteiger partial charge < -0.3 is 9.72 Å². The van der Waals surface area contributed by atoms with Crippen LogP contribution in [-0.4, -0.2) is 18.1 Å². The Morgan fingerprint density at radius 3 is 2.77 bits per heavy atom. The molecule has 0 saturated heterocycles. The molecule has 0 saturated carbocycles. The number of aromatic nitrogens is 1. The van der Waals surface area contributed by atoms with Crippen LogP contribution in [0, 0.1) is 3.57 Å². The first kappa shape index (κ1) is 19.2. The van der Waals surface area contributed by atoms with Gasteiger partial charge in [0.05, 0.1) is 7.11 Å². The van der Waals surface area contributed by atoms with E-state index in [1.165, 1.54) is 21.6 Å². The van der Waals surface area contributed by atoms with E-state index < -0.39 is 0 Å². The molecule has 0 radical (unpaired) electrons. The fraction of sp³-hybridized carbons (Fsp3) is 0.286. The lowest BCUT2D eigenvalue weighted by molar-refractivity contribution is -0.140. The number of esters is 1. The lowest BCUT2D eigenvalue weighted by Crippen LogP contribution is -2.01. The van der Waals surface area contributed by atoms with Crippen molar-refractivity contribution >= 4 is 51.1 Å². The normalized spacial score (nSPS) is 11.1. The van der Waals surface area contributed by atoms with Crippen molar-refractivity contribution in [2.24, 2.45) is 0 Å². The fourth-order valence-corrected chi connectivity index (χ4v) is 3.98. The predicted molar refractivity (Wildman–Crippen MR) is 116 cm³/mol. The number of carbonyl (C=O) groups excluding carboxylic acids is 1. The molecule has 1 N–H and O–H groups in total. The third-order valence-corrected chi connectivity index (χ3v) is 5.66. The lowest BCUT2D eigenvalue weighted by Gasteiger charge is -2.08. The number of hydrogen-bond donors (Lipinski definition) is 1. The van der Waals surface area contributed by atoms with E-state index in [1.807, 2.05) is 6.07 Å². The van der Waals surface area contributed by atoms with E-state index in [2.05, 4.69) is 64.8 Å². The van der Waals surface area contributed by atoms with Crippen molar-refractivity contribution in [2.75, 3.05) is 7.11 Å². The Morgan fingerprint density at radius 1 is 1.23 bits per heavy atom. The number of hydrogen-bond acceptors (Lipinski definition) is 2. The molecule has 0 fully saturated rings. The maximum atomic E-state index is 11.5. The van der Waals surface area contributed by atoms with Gasteiger partial charge in [0.2, 0.25) is 0 Å². The highest BCUT2D eigenvalue weighted by Crippen LogP contribution is 2.34. The number of halogens is 2. The number of aromatic amines is 1. The summed E-state index contributed by atoms with van der Waals surface area (Å²) >= 11 is 8.63. The summed E-state index contributed by atoms with van der Waals surface area (Å²) < 4.78 is 5.97. The zero-order valence-corrected chi connectivity index (χ0v) is 17.8. The van der Waals surface area contributed by atoms with Crippen LogP contribution in [0.25, 0.3) is 22.2 Å². The molecule has 0 bridgehead atoms. The van der Waals surface area contributed by atoms with Crippen LogP contribution in [0.5, 0.6) is 0 Å². The Bertz CT molecular complexity index is 949. The summed E-state index contributed by atoms with van der Waals surface area (Å²) in [5, 5.41) is 2.01. The van der Waals surface area contributed by atoms with Crippen LogP contribution in [-0.2, 0) is 22.4 Å². The molecule has 5 heteroatoms. The van der Waals surface area contributed by atoms with Crippen molar-refractivity contribution < 1.29 is 9.53 Å². The molecule has 0 unspecified atom stereocenters.